The lowest BCUT2D eigenvalue weighted by molar-refractivity contribution is -0.907. The molecule has 0 aliphatic carbocycles. The van der Waals surface area contributed by atoms with E-state index in [1.807, 2.05) is 56.4 Å². The standard InChI is InChI=1S/C50H83NO18/c1-30(45(61)31(2)32(3)52)20-18-16-14-12-10-8-9-11-13-15-17-19-21-37(68-49-47(63)44(51(5,6)7)46(62)33(4)67-49)27-41-43(48(64)65)40(58)29-50(66,69-41)28-39(57)38(56)23-22-34(53)24-35(54)25-36(55)26-42(59)60/h8-9,11,13-21,30-41,43-47,49,52-58,61-63,66H,10,12,22-29H2,1-7H3,(H-,59,60,64,65)/p+1/b9-8+,13-11+,16-14+,17-15+,20-18+,21-19+/t30-,31-,32-,33+,34+,35+,36+,37-,38+,39+,40-,41-,43+,44-,45+,46+,47-,49?,50+/m0/s1. The van der Waals surface area contributed by atoms with Gasteiger partial charge in [-0.05, 0) is 52.4 Å². The fourth-order valence-corrected chi connectivity index (χ4v) is 8.63. The Morgan fingerprint density at radius 3 is 1.90 bits per heavy atom. The van der Waals surface area contributed by atoms with Crippen LogP contribution in [0.3, 0.4) is 0 Å². The largest absolute Gasteiger partial charge is 0.481 e. The van der Waals surface area contributed by atoms with Crippen molar-refractivity contribution in [3.63, 3.8) is 0 Å². The van der Waals surface area contributed by atoms with Gasteiger partial charge in [0.25, 0.3) is 0 Å². The molecule has 0 radical (unpaired) electrons. The molecule has 1 unspecified atom stereocenters. The molecule has 0 spiro atoms. The van der Waals surface area contributed by atoms with Crippen molar-refractivity contribution in [2.45, 2.75) is 189 Å². The monoisotopic (exact) mass is 987 g/mol. The third kappa shape index (κ3) is 22.0. The van der Waals surface area contributed by atoms with E-state index < -0.39 is 135 Å². The number of aliphatic hydroxyl groups excluding tert-OH is 10. The summed E-state index contributed by atoms with van der Waals surface area (Å²) in [6.45, 7) is 6.99. The average Bonchev–Trinajstić information content (AvgIpc) is 3.22. The number of carboxylic acid groups (broad SMARTS) is 2. The first kappa shape index (κ1) is 61.9. The Balaban J connectivity index is 2.20. The average molecular weight is 987 g/mol. The zero-order valence-corrected chi connectivity index (χ0v) is 41.2. The fourth-order valence-electron chi connectivity index (χ4n) is 8.63. The number of carboxylic acids is 2. The van der Waals surface area contributed by atoms with Gasteiger partial charge >= 0.3 is 11.9 Å². The molecule has 2 saturated heterocycles. The lowest BCUT2D eigenvalue weighted by atomic mass is 9.82. The van der Waals surface area contributed by atoms with Gasteiger partial charge in [-0.25, -0.2) is 0 Å². The first-order valence-electron chi connectivity index (χ1n) is 23.9. The molecule has 2 heterocycles. The second kappa shape index (κ2) is 30.0. The predicted molar refractivity (Wildman–Crippen MR) is 255 cm³/mol. The van der Waals surface area contributed by atoms with Crippen LogP contribution < -0.4 is 0 Å². The first-order chi connectivity index (χ1) is 32.2. The highest BCUT2D eigenvalue weighted by atomic mass is 16.7. The number of ether oxygens (including phenoxy) is 3. The van der Waals surface area contributed by atoms with E-state index >= 15 is 0 Å². The van der Waals surface area contributed by atoms with E-state index in [0.29, 0.717) is 0 Å². The molecular formula is C50H84NO18+. The molecule has 2 fully saturated rings. The smallest absolute Gasteiger partial charge is 0.311 e. The first-order valence-corrected chi connectivity index (χ1v) is 23.9. The van der Waals surface area contributed by atoms with E-state index in [2.05, 4.69) is 0 Å². The van der Waals surface area contributed by atoms with Gasteiger partial charge in [-0.3, -0.25) is 9.59 Å². The molecule has 2 aliphatic heterocycles. The molecule has 0 saturated carbocycles. The van der Waals surface area contributed by atoms with E-state index in [4.69, 9.17) is 19.3 Å². The van der Waals surface area contributed by atoms with Gasteiger partial charge in [-0.2, -0.15) is 0 Å². The molecule has 0 aromatic rings. The summed E-state index contributed by atoms with van der Waals surface area (Å²) in [4.78, 5) is 23.4. The minimum Gasteiger partial charge on any atom is -0.481 e. The van der Waals surface area contributed by atoms with Gasteiger partial charge in [0.05, 0.1) is 94.7 Å². The molecule has 19 nitrogen and oxygen atoms in total. The van der Waals surface area contributed by atoms with Crippen molar-refractivity contribution in [3.8, 4) is 0 Å². The Labute approximate surface area is 406 Å². The zero-order valence-electron chi connectivity index (χ0n) is 41.2. The van der Waals surface area contributed by atoms with E-state index in [0.717, 1.165) is 12.8 Å². The van der Waals surface area contributed by atoms with Gasteiger partial charge in [-0.15, -0.1) is 0 Å². The maximum absolute atomic E-state index is 12.6. The van der Waals surface area contributed by atoms with Crippen LogP contribution in [0.2, 0.25) is 0 Å². The second-order valence-corrected chi connectivity index (χ2v) is 19.8. The number of rotatable bonds is 30. The lowest BCUT2D eigenvalue weighted by Crippen LogP contribution is -2.67. The second-order valence-electron chi connectivity index (χ2n) is 19.8. The van der Waals surface area contributed by atoms with Gasteiger partial charge in [0.2, 0.25) is 0 Å². The Morgan fingerprint density at radius 2 is 1.32 bits per heavy atom. The molecule has 19 atom stereocenters. The van der Waals surface area contributed by atoms with Crippen LogP contribution in [-0.2, 0) is 23.8 Å². The number of hydrogen-bond acceptors (Lipinski definition) is 16. The molecule has 0 amide bonds. The molecule has 13 N–H and O–H groups in total. The van der Waals surface area contributed by atoms with E-state index in [1.165, 1.54) is 0 Å². The van der Waals surface area contributed by atoms with Gasteiger partial charge < -0.3 is 85.1 Å². The molecule has 0 bridgehead atoms. The molecule has 396 valence electrons. The van der Waals surface area contributed by atoms with Crippen molar-refractivity contribution in [1.82, 2.24) is 0 Å². The summed E-state index contributed by atoms with van der Waals surface area (Å²) in [6.07, 6.45) is 3.09. The number of aliphatic carboxylic acids is 2. The summed E-state index contributed by atoms with van der Waals surface area (Å²) in [5.74, 6) is -7.01. The van der Waals surface area contributed by atoms with Crippen molar-refractivity contribution in [1.29, 1.82) is 0 Å². The number of hydrogen-bond donors (Lipinski definition) is 13. The predicted octanol–water partition coefficient (Wildman–Crippen LogP) is 1.20. The topological polar surface area (TPSA) is 325 Å². The van der Waals surface area contributed by atoms with Crippen LogP contribution in [0.15, 0.2) is 72.9 Å². The molecule has 0 aromatic heterocycles. The summed E-state index contributed by atoms with van der Waals surface area (Å²) in [6, 6.07) is -0.755. The Hall–Kier alpha value is -3.22. The quantitative estimate of drug-likeness (QED) is 0.0273. The number of likely N-dealkylation sites (N-methyl/N-ethyl adjacent to an activating group) is 1. The summed E-state index contributed by atoms with van der Waals surface area (Å²) in [7, 11) is 5.37. The van der Waals surface area contributed by atoms with E-state index in [9.17, 15) is 70.9 Å². The van der Waals surface area contributed by atoms with Gasteiger partial charge in [0.1, 0.15) is 18.1 Å². The lowest BCUT2D eigenvalue weighted by Gasteiger charge is -2.48. The fraction of sp³-hybridized carbons (Fsp3) is 0.720. The number of quaternary nitrogens is 1. The molecular weight excluding hydrogens is 903 g/mol. The number of nitrogens with zero attached hydrogens (tertiary/aromatic N) is 1. The zero-order chi connectivity index (χ0) is 52.2. The van der Waals surface area contributed by atoms with Crippen LogP contribution in [0.5, 0.6) is 0 Å². The summed E-state index contributed by atoms with van der Waals surface area (Å²) in [5, 5.41) is 136. The van der Waals surface area contributed by atoms with E-state index in [1.54, 1.807) is 65.4 Å². The van der Waals surface area contributed by atoms with Crippen LogP contribution in [0, 0.1) is 17.8 Å². The molecule has 19 heteroatoms. The van der Waals surface area contributed by atoms with Crippen molar-refractivity contribution in [3.05, 3.63) is 72.9 Å². The molecule has 2 rings (SSSR count). The maximum Gasteiger partial charge on any atom is 0.311 e. The van der Waals surface area contributed by atoms with Crippen molar-refractivity contribution >= 4 is 11.9 Å². The Kier molecular flexibility index (Phi) is 26.9. The third-order valence-electron chi connectivity index (χ3n) is 12.8. The van der Waals surface area contributed by atoms with Crippen molar-refractivity contribution < 1.29 is 94.7 Å². The summed E-state index contributed by atoms with van der Waals surface area (Å²) < 4.78 is 18.3. The molecule has 0 aromatic carbocycles. The van der Waals surface area contributed by atoms with Crippen LogP contribution >= 0.6 is 0 Å². The van der Waals surface area contributed by atoms with Crippen LogP contribution in [0.4, 0.5) is 0 Å². The number of allylic oxidation sites excluding steroid dienone is 10. The highest BCUT2D eigenvalue weighted by molar-refractivity contribution is 5.71. The number of carbonyl (C=O) groups is 2. The number of aliphatic hydroxyl groups is 11. The summed E-state index contributed by atoms with van der Waals surface area (Å²) in [5.41, 5.74) is 0. The minimum atomic E-state index is -2.36. The maximum atomic E-state index is 12.6. The Bertz CT molecular complexity index is 1700. The van der Waals surface area contributed by atoms with Gasteiger partial charge in [0.15, 0.2) is 18.2 Å². The van der Waals surface area contributed by atoms with Crippen LogP contribution in [0.25, 0.3) is 0 Å². The number of unbranched alkanes of at least 4 members (excludes halogenated alkanes) is 1. The SMILES string of the molecule is C[C@H]([C@H](O)[C@@H](C)/C=C/C=C/CC/C=C/C=C/C=C/C=C/[C@@H](C[C@@H]1O[C@](O)(C[C@@H](O)[C@H](O)CC[C@@H](O)C[C@@H](O)C[C@@H](O)CC(=O)O)C[C@H](O)[C@H]1C(=O)O)OC1O[C@H](C)[C@@H](O)[C@H]([N+](C)(C)C)[C@@H]1O)[C@H](C)O. The van der Waals surface area contributed by atoms with E-state index in [-0.39, 0.29) is 48.4 Å². The van der Waals surface area contributed by atoms with Crippen molar-refractivity contribution in [2.75, 3.05) is 21.1 Å². The normalized spacial score (nSPS) is 30.8. The Morgan fingerprint density at radius 1 is 0.754 bits per heavy atom. The summed E-state index contributed by atoms with van der Waals surface area (Å²) >= 11 is 0. The highest BCUT2D eigenvalue weighted by Crippen LogP contribution is 2.38. The molecule has 2 aliphatic rings. The van der Waals surface area contributed by atoms with Gasteiger partial charge in [-0.1, -0.05) is 86.8 Å². The minimum absolute atomic E-state index is 0.108. The van der Waals surface area contributed by atoms with Gasteiger partial charge in [0, 0.05) is 31.1 Å². The molecule has 69 heavy (non-hydrogen) atoms. The van der Waals surface area contributed by atoms with Crippen molar-refractivity contribution in [2.24, 2.45) is 17.8 Å². The highest BCUT2D eigenvalue weighted by Gasteiger charge is 2.53. The van der Waals surface area contributed by atoms with Crippen LogP contribution in [-0.4, -0.2) is 201 Å². The third-order valence-corrected chi connectivity index (χ3v) is 12.8. The van der Waals surface area contributed by atoms with Crippen LogP contribution in [0.1, 0.15) is 91.9 Å².